The van der Waals surface area contributed by atoms with Gasteiger partial charge in [-0.2, -0.15) is 0 Å². The van der Waals surface area contributed by atoms with Crippen LogP contribution in [0.4, 0.5) is 4.79 Å². The van der Waals surface area contributed by atoms with Crippen LogP contribution in [0.1, 0.15) is 18.9 Å². The summed E-state index contributed by atoms with van der Waals surface area (Å²) in [5, 5.41) is 13.3. The van der Waals surface area contributed by atoms with Crippen molar-refractivity contribution in [3.05, 3.63) is 35.9 Å². The fraction of sp³-hybridized carbons (Fsp3) is 0.385. The Hall–Kier alpha value is -2.04. The summed E-state index contributed by atoms with van der Waals surface area (Å²) in [5.41, 5.74) is 1.23. The van der Waals surface area contributed by atoms with E-state index in [0.29, 0.717) is 6.54 Å². The van der Waals surface area contributed by atoms with Crippen molar-refractivity contribution in [3.63, 3.8) is 0 Å². The SMILES string of the molecule is CC(NC(=O)O)C(=O)NCCCc1ccccc1. The van der Waals surface area contributed by atoms with Gasteiger partial charge in [0.1, 0.15) is 6.04 Å². The molecular weight excluding hydrogens is 232 g/mol. The Bertz CT molecular complexity index is 392. The first-order chi connectivity index (χ1) is 8.59. The third-order valence-electron chi connectivity index (χ3n) is 2.52. The van der Waals surface area contributed by atoms with Crippen LogP contribution in [0.15, 0.2) is 30.3 Å². The van der Waals surface area contributed by atoms with Crippen molar-refractivity contribution in [2.45, 2.75) is 25.8 Å². The number of nitrogens with one attached hydrogen (secondary N) is 2. The monoisotopic (exact) mass is 250 g/mol. The summed E-state index contributed by atoms with van der Waals surface area (Å²) in [4.78, 5) is 21.8. The second kappa shape index (κ2) is 7.32. The first kappa shape index (κ1) is 14.0. The van der Waals surface area contributed by atoms with E-state index in [1.54, 1.807) is 0 Å². The number of hydrogen-bond acceptors (Lipinski definition) is 2. The Labute approximate surface area is 106 Å². The Morgan fingerprint density at radius 3 is 2.56 bits per heavy atom. The molecule has 3 N–H and O–H groups in total. The smallest absolute Gasteiger partial charge is 0.405 e. The van der Waals surface area contributed by atoms with Crippen molar-refractivity contribution in [1.82, 2.24) is 10.6 Å². The predicted octanol–water partition coefficient (Wildman–Crippen LogP) is 1.39. The predicted molar refractivity (Wildman–Crippen MR) is 68.4 cm³/mol. The molecule has 1 atom stereocenters. The highest BCUT2D eigenvalue weighted by atomic mass is 16.4. The van der Waals surface area contributed by atoms with Crippen LogP contribution >= 0.6 is 0 Å². The molecular formula is C13H18N2O3. The van der Waals surface area contributed by atoms with Gasteiger partial charge in [0, 0.05) is 6.54 Å². The quantitative estimate of drug-likeness (QED) is 0.668. The maximum atomic E-state index is 11.5. The number of amides is 2. The summed E-state index contributed by atoms with van der Waals surface area (Å²) in [5.74, 6) is -0.300. The van der Waals surface area contributed by atoms with Crippen LogP contribution in [0.25, 0.3) is 0 Å². The lowest BCUT2D eigenvalue weighted by Gasteiger charge is -2.11. The zero-order chi connectivity index (χ0) is 13.4. The van der Waals surface area contributed by atoms with Gasteiger partial charge in [-0.25, -0.2) is 4.79 Å². The first-order valence-corrected chi connectivity index (χ1v) is 5.90. The fourth-order valence-electron chi connectivity index (χ4n) is 1.55. The fourth-order valence-corrected chi connectivity index (χ4v) is 1.55. The molecule has 98 valence electrons. The molecule has 0 spiro atoms. The molecule has 5 heteroatoms. The Balaban J connectivity index is 2.18. The highest BCUT2D eigenvalue weighted by Gasteiger charge is 2.13. The van der Waals surface area contributed by atoms with Gasteiger partial charge >= 0.3 is 6.09 Å². The second-order valence-corrected chi connectivity index (χ2v) is 4.05. The van der Waals surface area contributed by atoms with Crippen molar-refractivity contribution in [2.24, 2.45) is 0 Å². The molecule has 0 bridgehead atoms. The number of hydrogen-bond donors (Lipinski definition) is 3. The first-order valence-electron chi connectivity index (χ1n) is 5.90. The van der Waals surface area contributed by atoms with Gasteiger partial charge in [-0.3, -0.25) is 4.79 Å². The van der Waals surface area contributed by atoms with Gasteiger partial charge in [-0.15, -0.1) is 0 Å². The Morgan fingerprint density at radius 2 is 1.94 bits per heavy atom. The summed E-state index contributed by atoms with van der Waals surface area (Å²) >= 11 is 0. The molecule has 0 aliphatic rings. The zero-order valence-corrected chi connectivity index (χ0v) is 10.3. The van der Waals surface area contributed by atoms with Crippen molar-refractivity contribution < 1.29 is 14.7 Å². The standard InChI is InChI=1S/C13H18N2O3/c1-10(15-13(17)18)12(16)14-9-5-8-11-6-3-2-4-7-11/h2-4,6-7,10,15H,5,8-9H2,1H3,(H,14,16)(H,17,18). The van der Waals surface area contributed by atoms with Crippen molar-refractivity contribution >= 4 is 12.0 Å². The topological polar surface area (TPSA) is 78.4 Å². The van der Waals surface area contributed by atoms with Crippen LogP contribution in [0.2, 0.25) is 0 Å². The average molecular weight is 250 g/mol. The Morgan fingerprint density at radius 1 is 1.28 bits per heavy atom. The lowest BCUT2D eigenvalue weighted by atomic mass is 10.1. The molecule has 0 aliphatic heterocycles. The maximum Gasteiger partial charge on any atom is 0.405 e. The maximum absolute atomic E-state index is 11.5. The van der Waals surface area contributed by atoms with Crippen LogP contribution in [-0.4, -0.2) is 29.7 Å². The minimum Gasteiger partial charge on any atom is -0.465 e. The molecule has 1 rings (SSSR count). The van der Waals surface area contributed by atoms with Crippen LogP contribution in [0.5, 0.6) is 0 Å². The molecule has 0 aromatic heterocycles. The van der Waals surface area contributed by atoms with E-state index in [0.717, 1.165) is 12.8 Å². The number of carbonyl (C=O) groups excluding carboxylic acids is 1. The summed E-state index contributed by atoms with van der Waals surface area (Å²) in [6.07, 6.45) is 0.527. The molecule has 18 heavy (non-hydrogen) atoms. The van der Waals surface area contributed by atoms with Crippen LogP contribution in [0, 0.1) is 0 Å². The third-order valence-corrected chi connectivity index (χ3v) is 2.52. The van der Waals surface area contributed by atoms with E-state index in [1.165, 1.54) is 12.5 Å². The summed E-state index contributed by atoms with van der Waals surface area (Å²) in [6, 6.07) is 9.27. The van der Waals surface area contributed by atoms with Crippen molar-refractivity contribution in [1.29, 1.82) is 0 Å². The summed E-state index contributed by atoms with van der Waals surface area (Å²) in [7, 11) is 0. The molecule has 0 saturated carbocycles. The Kier molecular flexibility index (Phi) is 5.70. The lowest BCUT2D eigenvalue weighted by Crippen LogP contribution is -2.44. The number of benzene rings is 1. The van der Waals surface area contributed by atoms with Gasteiger partial charge in [0.2, 0.25) is 5.91 Å². The number of carbonyl (C=O) groups is 2. The third kappa shape index (κ3) is 5.34. The average Bonchev–Trinajstić information content (AvgIpc) is 2.34. The van der Waals surface area contributed by atoms with E-state index >= 15 is 0 Å². The molecule has 1 unspecified atom stereocenters. The van der Waals surface area contributed by atoms with Gasteiger partial charge < -0.3 is 15.7 Å². The molecule has 0 radical (unpaired) electrons. The second-order valence-electron chi connectivity index (χ2n) is 4.05. The largest absolute Gasteiger partial charge is 0.465 e. The van der Waals surface area contributed by atoms with E-state index in [2.05, 4.69) is 10.6 Å². The van der Waals surface area contributed by atoms with E-state index in [1.807, 2.05) is 30.3 Å². The van der Waals surface area contributed by atoms with Crippen molar-refractivity contribution in [2.75, 3.05) is 6.54 Å². The van der Waals surface area contributed by atoms with Gasteiger partial charge in [0.15, 0.2) is 0 Å². The lowest BCUT2D eigenvalue weighted by molar-refractivity contribution is -0.122. The minimum absolute atomic E-state index is 0.300. The number of carboxylic acid groups (broad SMARTS) is 1. The van der Waals surface area contributed by atoms with Gasteiger partial charge in [0.05, 0.1) is 0 Å². The zero-order valence-electron chi connectivity index (χ0n) is 10.3. The molecule has 5 nitrogen and oxygen atoms in total. The highest BCUT2D eigenvalue weighted by molar-refractivity contribution is 5.84. The highest BCUT2D eigenvalue weighted by Crippen LogP contribution is 2.01. The van der Waals surface area contributed by atoms with E-state index in [4.69, 9.17) is 5.11 Å². The van der Waals surface area contributed by atoms with Crippen LogP contribution in [-0.2, 0) is 11.2 Å². The van der Waals surface area contributed by atoms with E-state index in [-0.39, 0.29) is 5.91 Å². The van der Waals surface area contributed by atoms with Crippen LogP contribution < -0.4 is 10.6 Å². The minimum atomic E-state index is -1.19. The van der Waals surface area contributed by atoms with Crippen LogP contribution in [0.3, 0.4) is 0 Å². The van der Waals surface area contributed by atoms with E-state index < -0.39 is 12.1 Å². The number of rotatable bonds is 6. The molecule has 1 aromatic carbocycles. The van der Waals surface area contributed by atoms with Gasteiger partial charge in [-0.1, -0.05) is 30.3 Å². The molecule has 0 saturated heterocycles. The van der Waals surface area contributed by atoms with E-state index in [9.17, 15) is 9.59 Å². The molecule has 1 aromatic rings. The molecule has 0 heterocycles. The normalized spacial score (nSPS) is 11.6. The van der Waals surface area contributed by atoms with Gasteiger partial charge in [-0.05, 0) is 25.3 Å². The summed E-state index contributed by atoms with van der Waals surface area (Å²) < 4.78 is 0. The molecule has 0 aliphatic carbocycles. The molecule has 0 fully saturated rings. The number of aryl methyl sites for hydroxylation is 1. The van der Waals surface area contributed by atoms with Gasteiger partial charge in [0.25, 0.3) is 0 Å². The van der Waals surface area contributed by atoms with Crippen molar-refractivity contribution in [3.8, 4) is 0 Å². The summed E-state index contributed by atoms with van der Waals surface area (Å²) in [6.45, 7) is 2.06. The molecule has 2 amide bonds.